The van der Waals surface area contributed by atoms with Crippen molar-refractivity contribution in [3.8, 4) is 17.2 Å². The van der Waals surface area contributed by atoms with E-state index >= 15 is 0 Å². The van der Waals surface area contributed by atoms with Crippen molar-refractivity contribution in [1.29, 1.82) is 0 Å². The largest absolute Gasteiger partial charge is 0.497 e. The number of aromatic nitrogens is 1. The van der Waals surface area contributed by atoms with Crippen molar-refractivity contribution < 1.29 is 27.4 Å². The van der Waals surface area contributed by atoms with Crippen LogP contribution in [-0.2, 0) is 21.4 Å². The van der Waals surface area contributed by atoms with Gasteiger partial charge in [-0.1, -0.05) is 107 Å². The van der Waals surface area contributed by atoms with Gasteiger partial charge in [0.25, 0.3) is 10.0 Å². The van der Waals surface area contributed by atoms with Crippen LogP contribution in [0.2, 0.25) is 0 Å². The number of hydrogen-bond acceptors (Lipinski definition) is 6. The minimum absolute atomic E-state index is 0.182. The van der Waals surface area contributed by atoms with Gasteiger partial charge in [-0.3, -0.25) is 0 Å². The molecule has 4 aromatic rings. The Hall–Kier alpha value is -3.75. The van der Waals surface area contributed by atoms with Gasteiger partial charge in [0, 0.05) is 29.8 Å². The molecule has 1 aromatic heterocycles. The monoisotopic (exact) mass is 675 g/mol. The number of allylic oxidation sites excluding steroid dienone is 1. The van der Waals surface area contributed by atoms with E-state index in [2.05, 4.69) is 30.3 Å². The molecule has 0 amide bonds. The molecule has 4 rings (SSSR count). The highest BCUT2D eigenvalue weighted by Gasteiger charge is 2.23. The average molecular weight is 676 g/mol. The van der Waals surface area contributed by atoms with E-state index < -0.39 is 10.0 Å². The number of methoxy groups -OCH3 is 3. The number of fused-ring (bicyclic) bond motifs is 1. The summed E-state index contributed by atoms with van der Waals surface area (Å²) in [5, 5.41) is 0.786. The molecular formula is C40H53NO6S. The van der Waals surface area contributed by atoms with Gasteiger partial charge in [0.1, 0.15) is 5.75 Å². The Kier molecular flexibility index (Phi) is 15.4. The Morgan fingerprint density at radius 3 is 1.85 bits per heavy atom. The van der Waals surface area contributed by atoms with Crippen LogP contribution < -0.4 is 14.2 Å². The summed E-state index contributed by atoms with van der Waals surface area (Å²) in [4.78, 5) is 0.182. The van der Waals surface area contributed by atoms with E-state index in [1.165, 1.54) is 73.7 Å². The minimum atomic E-state index is -3.86. The molecule has 0 unspecified atom stereocenters. The Balaban J connectivity index is 1.15. The van der Waals surface area contributed by atoms with Crippen LogP contribution in [0.15, 0.2) is 83.9 Å². The first-order chi connectivity index (χ1) is 23.5. The molecule has 7 nitrogen and oxygen atoms in total. The minimum Gasteiger partial charge on any atom is -0.497 e. The Morgan fingerprint density at radius 2 is 1.25 bits per heavy atom. The lowest BCUT2D eigenvalue weighted by Gasteiger charge is -2.11. The SMILES string of the molecule is COc1ccc(S(=O)(=O)n2cc(/C=C\CCCCCCCCCCCCCCOCc3ccccc3)c3cc(OC)c(OC)cc32)cc1. The average Bonchev–Trinajstić information content (AvgIpc) is 3.48. The molecule has 0 atom stereocenters. The van der Waals surface area contributed by atoms with Gasteiger partial charge in [-0.05, 0) is 55.2 Å². The number of benzene rings is 3. The van der Waals surface area contributed by atoms with Crippen LogP contribution in [0.5, 0.6) is 17.2 Å². The van der Waals surface area contributed by atoms with Gasteiger partial charge < -0.3 is 18.9 Å². The zero-order valence-electron chi connectivity index (χ0n) is 29.0. The van der Waals surface area contributed by atoms with Crippen LogP contribution in [0.1, 0.15) is 94.6 Å². The summed E-state index contributed by atoms with van der Waals surface area (Å²) >= 11 is 0. The number of hydrogen-bond donors (Lipinski definition) is 0. The third-order valence-electron chi connectivity index (χ3n) is 8.74. The number of unbranched alkanes of at least 4 members (excludes halogenated alkanes) is 12. The molecule has 0 saturated heterocycles. The van der Waals surface area contributed by atoms with Crippen LogP contribution >= 0.6 is 0 Å². The van der Waals surface area contributed by atoms with E-state index in [4.69, 9.17) is 18.9 Å². The molecule has 0 bridgehead atoms. The fraction of sp³-hybridized carbons (Fsp3) is 0.450. The Morgan fingerprint density at radius 1 is 0.667 bits per heavy atom. The summed E-state index contributed by atoms with van der Waals surface area (Å²) in [6.45, 7) is 1.58. The van der Waals surface area contributed by atoms with Crippen LogP contribution in [0, 0.1) is 0 Å². The summed E-state index contributed by atoms with van der Waals surface area (Å²) in [6, 6.07) is 20.4. The molecule has 0 fully saturated rings. The third-order valence-corrected chi connectivity index (χ3v) is 10.4. The first-order valence-corrected chi connectivity index (χ1v) is 18.9. The van der Waals surface area contributed by atoms with Gasteiger partial charge in [0.15, 0.2) is 11.5 Å². The molecule has 0 aliphatic carbocycles. The van der Waals surface area contributed by atoms with Gasteiger partial charge in [-0.2, -0.15) is 0 Å². The third kappa shape index (κ3) is 10.9. The van der Waals surface area contributed by atoms with E-state index in [1.807, 2.05) is 18.2 Å². The topological polar surface area (TPSA) is 76.0 Å². The predicted molar refractivity (Wildman–Crippen MR) is 196 cm³/mol. The lowest BCUT2D eigenvalue weighted by atomic mass is 10.0. The van der Waals surface area contributed by atoms with Crippen LogP contribution in [0.25, 0.3) is 17.0 Å². The highest BCUT2D eigenvalue weighted by atomic mass is 32.2. The summed E-state index contributed by atoms with van der Waals surface area (Å²) in [5.74, 6) is 1.63. The van der Waals surface area contributed by atoms with E-state index in [-0.39, 0.29) is 4.90 Å². The fourth-order valence-electron chi connectivity index (χ4n) is 5.95. The smallest absolute Gasteiger partial charge is 0.268 e. The number of nitrogens with zero attached hydrogens (tertiary/aromatic N) is 1. The fourth-order valence-corrected chi connectivity index (χ4v) is 7.32. The van der Waals surface area contributed by atoms with Crippen molar-refractivity contribution in [2.75, 3.05) is 27.9 Å². The van der Waals surface area contributed by atoms with Crippen LogP contribution in [-0.4, -0.2) is 40.3 Å². The lowest BCUT2D eigenvalue weighted by molar-refractivity contribution is 0.116. The maximum absolute atomic E-state index is 13.7. The molecule has 260 valence electrons. The summed E-state index contributed by atoms with van der Waals surface area (Å²) in [6.07, 6.45) is 22.0. The molecule has 0 aliphatic heterocycles. The van der Waals surface area contributed by atoms with Gasteiger partial charge in [0.2, 0.25) is 0 Å². The molecule has 0 radical (unpaired) electrons. The molecule has 0 spiro atoms. The molecule has 3 aromatic carbocycles. The van der Waals surface area contributed by atoms with E-state index in [1.54, 1.807) is 57.9 Å². The van der Waals surface area contributed by atoms with Crippen molar-refractivity contribution in [1.82, 2.24) is 3.97 Å². The van der Waals surface area contributed by atoms with Crippen molar-refractivity contribution >= 4 is 27.0 Å². The van der Waals surface area contributed by atoms with Gasteiger partial charge >= 0.3 is 0 Å². The van der Waals surface area contributed by atoms with E-state index in [0.717, 1.165) is 43.4 Å². The zero-order valence-corrected chi connectivity index (χ0v) is 29.8. The highest BCUT2D eigenvalue weighted by Crippen LogP contribution is 2.37. The zero-order chi connectivity index (χ0) is 34.0. The van der Waals surface area contributed by atoms with E-state index in [0.29, 0.717) is 22.8 Å². The standard InChI is InChI=1S/C40H53NO6S/c1-44-35-24-26-36(27-25-35)48(42,43)41-31-34(37-29-39(45-2)40(46-3)30-38(37)41)23-19-14-12-10-8-6-4-5-7-9-11-13-15-20-28-47-32-33-21-17-16-18-22-33/h16-19,21-27,29-31H,4-15,20,28,32H2,1-3H3/b23-19-. The maximum Gasteiger partial charge on any atom is 0.268 e. The summed E-state index contributed by atoms with van der Waals surface area (Å²) in [5.41, 5.74) is 2.60. The first-order valence-electron chi connectivity index (χ1n) is 17.4. The molecule has 0 N–H and O–H groups in total. The van der Waals surface area contributed by atoms with Crippen molar-refractivity contribution in [2.24, 2.45) is 0 Å². The second-order valence-corrected chi connectivity index (χ2v) is 14.1. The van der Waals surface area contributed by atoms with Crippen LogP contribution in [0.4, 0.5) is 0 Å². The highest BCUT2D eigenvalue weighted by molar-refractivity contribution is 7.90. The Labute approximate surface area is 287 Å². The summed E-state index contributed by atoms with van der Waals surface area (Å²) < 4.78 is 50.8. The van der Waals surface area contributed by atoms with Gasteiger partial charge in [-0.15, -0.1) is 0 Å². The van der Waals surface area contributed by atoms with Gasteiger partial charge in [0.05, 0.1) is 38.3 Å². The Bertz CT molecular complexity index is 1640. The van der Waals surface area contributed by atoms with E-state index in [9.17, 15) is 8.42 Å². The van der Waals surface area contributed by atoms with Crippen molar-refractivity contribution in [3.63, 3.8) is 0 Å². The second kappa shape index (κ2) is 19.9. The number of rotatable bonds is 23. The molecule has 1 heterocycles. The van der Waals surface area contributed by atoms with Crippen molar-refractivity contribution in [2.45, 2.75) is 95.0 Å². The quantitative estimate of drug-likeness (QED) is 0.0729. The molecule has 0 saturated carbocycles. The summed E-state index contributed by atoms with van der Waals surface area (Å²) in [7, 11) is 0.822. The predicted octanol–water partition coefficient (Wildman–Crippen LogP) is 10.2. The molecule has 48 heavy (non-hydrogen) atoms. The lowest BCUT2D eigenvalue weighted by Crippen LogP contribution is -2.11. The first kappa shape index (κ1) is 37.1. The van der Waals surface area contributed by atoms with Crippen LogP contribution in [0.3, 0.4) is 0 Å². The maximum atomic E-state index is 13.7. The van der Waals surface area contributed by atoms with Crippen molar-refractivity contribution in [3.05, 3.63) is 90.1 Å². The molecule has 0 aliphatic rings. The number of ether oxygens (including phenoxy) is 4. The molecular weight excluding hydrogens is 623 g/mol. The molecule has 8 heteroatoms. The second-order valence-electron chi connectivity index (χ2n) is 12.3. The normalized spacial score (nSPS) is 11.8. The van der Waals surface area contributed by atoms with Gasteiger partial charge in [-0.25, -0.2) is 12.4 Å².